The third-order valence-corrected chi connectivity index (χ3v) is 4.75. The van der Waals surface area contributed by atoms with Crippen LogP contribution in [0.5, 0.6) is 0 Å². The summed E-state index contributed by atoms with van der Waals surface area (Å²) in [7, 11) is 1.79. The second kappa shape index (κ2) is 11.3. The molecule has 0 saturated carbocycles. The van der Waals surface area contributed by atoms with E-state index < -0.39 is 11.7 Å². The van der Waals surface area contributed by atoms with E-state index in [9.17, 15) is 8.78 Å². The van der Waals surface area contributed by atoms with Gasteiger partial charge in [-0.15, -0.1) is 0 Å². The van der Waals surface area contributed by atoms with Gasteiger partial charge < -0.3 is 10.6 Å². The van der Waals surface area contributed by atoms with Gasteiger partial charge >= 0.3 is 0 Å². The first-order valence-electron chi connectivity index (χ1n) is 10.4. The normalized spacial score (nSPS) is 13.2. The van der Waals surface area contributed by atoms with Crippen LogP contribution in [-0.2, 0) is 12.5 Å². The molecule has 4 nitrogen and oxygen atoms in total. The van der Waals surface area contributed by atoms with Crippen LogP contribution in [0, 0.1) is 5.82 Å². The molecular formula is C26H29F3N4. The van der Waals surface area contributed by atoms with E-state index in [4.69, 9.17) is 5.73 Å². The number of hydrogen-bond acceptors (Lipinski definition) is 2. The molecule has 0 heterocycles. The number of hydrogen-bond donors (Lipinski definition) is 1. The first kappa shape index (κ1) is 25.6. The number of aliphatic imine (C=N–C) groups is 2. The van der Waals surface area contributed by atoms with Crippen LogP contribution in [-0.4, -0.2) is 24.1 Å². The Balaban J connectivity index is 2.54. The summed E-state index contributed by atoms with van der Waals surface area (Å²) < 4.78 is 43.0. The second-order valence-corrected chi connectivity index (χ2v) is 7.68. The van der Waals surface area contributed by atoms with E-state index in [1.54, 1.807) is 55.7 Å². The quantitative estimate of drug-likeness (QED) is 0.267. The van der Waals surface area contributed by atoms with Gasteiger partial charge in [0, 0.05) is 49.6 Å². The van der Waals surface area contributed by atoms with Crippen molar-refractivity contribution in [3.8, 4) is 11.1 Å². The van der Waals surface area contributed by atoms with Gasteiger partial charge in [-0.1, -0.05) is 43.0 Å². The van der Waals surface area contributed by atoms with Crippen LogP contribution in [0.1, 0.15) is 37.5 Å². The molecular weight excluding hydrogens is 425 g/mol. The Morgan fingerprint density at radius 3 is 2.52 bits per heavy atom. The summed E-state index contributed by atoms with van der Waals surface area (Å²) in [5.41, 5.74) is 8.08. The zero-order chi connectivity index (χ0) is 24.6. The SMILES string of the molecule is C=C/C(=C\N=C(/C)N)c1ccc(-c2ccc(C(C)(F)F)cc2CN(C)/C=N\C=C/C)cc1F. The van der Waals surface area contributed by atoms with Crippen molar-refractivity contribution in [3.05, 3.63) is 90.0 Å². The van der Waals surface area contributed by atoms with E-state index >= 15 is 4.39 Å². The minimum Gasteiger partial charge on any atom is -0.387 e. The van der Waals surface area contributed by atoms with E-state index in [1.807, 2.05) is 6.92 Å². The molecule has 2 aromatic carbocycles. The molecule has 7 heteroatoms. The van der Waals surface area contributed by atoms with E-state index in [1.165, 1.54) is 30.5 Å². The van der Waals surface area contributed by atoms with Gasteiger partial charge in [-0.3, -0.25) is 0 Å². The second-order valence-electron chi connectivity index (χ2n) is 7.68. The van der Waals surface area contributed by atoms with E-state index in [0.717, 1.165) is 6.92 Å². The lowest BCUT2D eigenvalue weighted by Crippen LogP contribution is -2.17. The predicted octanol–water partition coefficient (Wildman–Crippen LogP) is 6.50. The highest BCUT2D eigenvalue weighted by atomic mass is 19.3. The van der Waals surface area contributed by atoms with Gasteiger partial charge in [-0.05, 0) is 42.7 Å². The van der Waals surface area contributed by atoms with E-state index in [0.29, 0.717) is 40.2 Å². The fourth-order valence-corrected chi connectivity index (χ4v) is 3.15. The van der Waals surface area contributed by atoms with Gasteiger partial charge in [-0.2, -0.15) is 0 Å². The molecule has 0 unspecified atom stereocenters. The van der Waals surface area contributed by atoms with Crippen molar-refractivity contribution in [2.24, 2.45) is 15.7 Å². The lowest BCUT2D eigenvalue weighted by atomic mass is 9.94. The summed E-state index contributed by atoms with van der Waals surface area (Å²) in [5, 5.41) is 0. The monoisotopic (exact) mass is 454 g/mol. The summed E-state index contributed by atoms with van der Waals surface area (Å²) in [6.07, 6.45) is 7.95. The highest BCUT2D eigenvalue weighted by molar-refractivity contribution is 5.81. The number of rotatable bonds is 9. The summed E-state index contributed by atoms with van der Waals surface area (Å²) >= 11 is 0. The van der Waals surface area contributed by atoms with Crippen molar-refractivity contribution in [2.75, 3.05) is 7.05 Å². The Morgan fingerprint density at radius 1 is 1.21 bits per heavy atom. The number of halogens is 3. The number of nitrogens with zero attached hydrogens (tertiary/aromatic N) is 3. The van der Waals surface area contributed by atoms with Crippen molar-refractivity contribution in [1.29, 1.82) is 0 Å². The molecule has 2 rings (SSSR count). The summed E-state index contributed by atoms with van der Waals surface area (Å²) in [5.74, 6) is -3.14. The molecule has 0 radical (unpaired) electrons. The number of benzene rings is 2. The first-order chi connectivity index (χ1) is 15.6. The van der Waals surface area contributed by atoms with Crippen molar-refractivity contribution in [1.82, 2.24) is 4.90 Å². The molecule has 0 aliphatic heterocycles. The van der Waals surface area contributed by atoms with Gasteiger partial charge in [0.25, 0.3) is 5.92 Å². The predicted molar refractivity (Wildman–Crippen MR) is 132 cm³/mol. The first-order valence-corrected chi connectivity index (χ1v) is 10.4. The fraction of sp³-hybridized carbons (Fsp3) is 0.231. The molecule has 0 aromatic heterocycles. The van der Waals surface area contributed by atoms with Crippen molar-refractivity contribution >= 4 is 17.7 Å². The molecule has 33 heavy (non-hydrogen) atoms. The maximum absolute atomic E-state index is 15.0. The molecule has 2 aromatic rings. The van der Waals surface area contributed by atoms with Gasteiger partial charge in [0.2, 0.25) is 0 Å². The van der Waals surface area contributed by atoms with Crippen LogP contribution in [0.3, 0.4) is 0 Å². The van der Waals surface area contributed by atoms with Crippen molar-refractivity contribution < 1.29 is 13.2 Å². The lowest BCUT2D eigenvalue weighted by molar-refractivity contribution is 0.0174. The molecule has 0 fully saturated rings. The number of alkyl halides is 2. The van der Waals surface area contributed by atoms with E-state index in [2.05, 4.69) is 16.6 Å². The number of nitrogens with two attached hydrogens (primary N) is 1. The molecule has 0 bridgehead atoms. The Kier molecular flexibility index (Phi) is 8.79. The van der Waals surface area contributed by atoms with Gasteiger partial charge in [-0.25, -0.2) is 23.2 Å². The Labute approximate surface area is 193 Å². The van der Waals surface area contributed by atoms with Crippen molar-refractivity contribution in [3.63, 3.8) is 0 Å². The molecule has 0 amide bonds. The minimum atomic E-state index is -2.99. The maximum atomic E-state index is 15.0. The molecule has 2 N–H and O–H groups in total. The largest absolute Gasteiger partial charge is 0.387 e. The molecule has 0 spiro atoms. The van der Waals surface area contributed by atoms with Crippen LogP contribution in [0.15, 0.2) is 77.5 Å². The minimum absolute atomic E-state index is 0.107. The van der Waals surface area contributed by atoms with Crippen LogP contribution >= 0.6 is 0 Å². The van der Waals surface area contributed by atoms with Crippen LogP contribution in [0.25, 0.3) is 16.7 Å². The smallest absolute Gasteiger partial charge is 0.270 e. The number of amidine groups is 1. The average molecular weight is 455 g/mol. The molecule has 0 aliphatic carbocycles. The van der Waals surface area contributed by atoms with Crippen LogP contribution < -0.4 is 5.73 Å². The standard InChI is InChI=1S/C26H29F3N4/c1-6-12-31-17-33(5)16-21-13-22(26(4,28)29)9-11-23(21)20-8-10-24(25(27)14-20)19(7-2)15-32-18(3)30/h6-15,17H,2,16H2,1,3-5H3,(H2,30,32)/b12-6-,19-15+,31-17-. The summed E-state index contributed by atoms with van der Waals surface area (Å²) in [6.45, 7) is 8.34. The number of allylic oxidation sites excluding steroid dienone is 3. The Morgan fingerprint density at radius 2 is 1.94 bits per heavy atom. The Bertz CT molecular complexity index is 1110. The zero-order valence-electron chi connectivity index (χ0n) is 19.3. The van der Waals surface area contributed by atoms with Crippen LogP contribution in [0.2, 0.25) is 0 Å². The fourth-order valence-electron chi connectivity index (χ4n) is 3.15. The third-order valence-electron chi connectivity index (χ3n) is 4.75. The third kappa shape index (κ3) is 7.20. The van der Waals surface area contributed by atoms with Gasteiger partial charge in [0.15, 0.2) is 0 Å². The maximum Gasteiger partial charge on any atom is 0.270 e. The van der Waals surface area contributed by atoms with Crippen molar-refractivity contribution in [2.45, 2.75) is 33.2 Å². The highest BCUT2D eigenvalue weighted by Gasteiger charge is 2.25. The summed E-state index contributed by atoms with van der Waals surface area (Å²) in [6, 6.07) is 9.15. The van der Waals surface area contributed by atoms with Gasteiger partial charge in [0.1, 0.15) is 5.82 Å². The highest BCUT2D eigenvalue weighted by Crippen LogP contribution is 2.34. The van der Waals surface area contributed by atoms with Crippen LogP contribution in [0.4, 0.5) is 13.2 Å². The Hall–Kier alpha value is -3.61. The molecule has 174 valence electrons. The lowest BCUT2D eigenvalue weighted by Gasteiger charge is -2.20. The summed E-state index contributed by atoms with van der Waals surface area (Å²) in [4.78, 5) is 9.90. The van der Waals surface area contributed by atoms with Gasteiger partial charge in [0.05, 0.1) is 12.2 Å². The topological polar surface area (TPSA) is 54.0 Å². The molecule has 0 saturated heterocycles. The molecule has 0 atom stereocenters. The zero-order valence-corrected chi connectivity index (χ0v) is 19.3. The van der Waals surface area contributed by atoms with E-state index in [-0.39, 0.29) is 5.56 Å². The molecule has 0 aliphatic rings. The average Bonchev–Trinajstić information content (AvgIpc) is 2.74.